The fourth-order valence-corrected chi connectivity index (χ4v) is 15.7. The summed E-state index contributed by atoms with van der Waals surface area (Å²) in [5, 5.41) is 128. The molecule has 46 nitrogen and oxygen atoms in total. The van der Waals surface area contributed by atoms with Crippen molar-refractivity contribution in [3.63, 3.8) is 0 Å². The van der Waals surface area contributed by atoms with Crippen molar-refractivity contribution in [1.29, 1.82) is 0 Å². The number of carbonyl (C=O) groups excluding carboxylic acids is 17. The van der Waals surface area contributed by atoms with Gasteiger partial charge >= 0.3 is 17.9 Å². The van der Waals surface area contributed by atoms with E-state index in [-0.39, 0.29) is 80.3 Å². The van der Waals surface area contributed by atoms with Crippen molar-refractivity contribution in [2.45, 2.75) is 236 Å². The molecule has 16 atom stereocenters. The van der Waals surface area contributed by atoms with Gasteiger partial charge in [-0.15, -0.1) is 0 Å². The topological polar surface area (TPSA) is 733 Å². The average molecular weight is 1890 g/mol. The Morgan fingerprint density at radius 1 is 0.436 bits per heavy atom. The lowest BCUT2D eigenvalue weighted by Crippen LogP contribution is -2.73. The van der Waals surface area contributed by atoms with Gasteiger partial charge in [-0.05, 0) is 125 Å². The van der Waals surface area contributed by atoms with Gasteiger partial charge in [0.15, 0.2) is 0 Å². The molecule has 7 rings (SSSR count). The monoisotopic (exact) mass is 1890 g/mol. The number of aliphatic hydroxyl groups is 4. The Hall–Kier alpha value is -13.0. The van der Waals surface area contributed by atoms with Gasteiger partial charge in [0, 0.05) is 44.8 Å². The number of aliphatic hydroxyl groups excluding tert-OH is 4. The third-order valence-corrected chi connectivity index (χ3v) is 23.4. The van der Waals surface area contributed by atoms with E-state index < -0.39 is 283 Å². The van der Waals surface area contributed by atoms with E-state index in [1.54, 1.807) is 45.9 Å². The normalized spacial score (nSPS) is 18.4. The fraction of sp³-hybridized carbons (Fsp3) is 0.558. The number of hydrogen-bond acceptors (Lipinski definition) is 28. The van der Waals surface area contributed by atoms with Crippen molar-refractivity contribution in [1.82, 2.24) is 84.7 Å². The summed E-state index contributed by atoms with van der Waals surface area (Å²) in [5.41, 5.74) is 4.44. The maximum Gasteiger partial charge on any atom is 0.305 e. The first-order valence-corrected chi connectivity index (χ1v) is 44.2. The van der Waals surface area contributed by atoms with E-state index in [2.05, 4.69) is 79.8 Å². The van der Waals surface area contributed by atoms with Crippen LogP contribution in [0.25, 0.3) is 0 Å². The molecule has 0 radical (unpaired) electrons. The summed E-state index contributed by atoms with van der Waals surface area (Å²) < 4.78 is 0. The first-order chi connectivity index (χ1) is 62.7. The van der Waals surface area contributed by atoms with Crippen LogP contribution in [-0.2, 0) is 110 Å². The maximum atomic E-state index is 14.7. The van der Waals surface area contributed by atoms with Gasteiger partial charge in [-0.1, -0.05) is 107 Å². The molecule has 3 aromatic rings. The number of nitrogens with one attached hydrogen (secondary N) is 15. The van der Waals surface area contributed by atoms with Gasteiger partial charge in [-0.3, -0.25) is 101 Å². The Morgan fingerprint density at radius 2 is 0.842 bits per heavy atom. The van der Waals surface area contributed by atoms with Crippen molar-refractivity contribution in [3.05, 3.63) is 95.6 Å². The highest BCUT2D eigenvalue weighted by molar-refractivity contribution is 8.14. The predicted molar refractivity (Wildman–Crippen MR) is 470 cm³/mol. The lowest BCUT2D eigenvalue weighted by Gasteiger charge is -2.67. The molecular weight excluding hydrogens is 1770 g/mol. The van der Waals surface area contributed by atoms with Crippen LogP contribution in [0, 0.1) is 22.7 Å². The second kappa shape index (κ2) is 51.7. The number of nitrogens with two attached hydrogens (primary N) is 1. The number of rotatable bonds is 57. The maximum absolute atomic E-state index is 14.7. The molecular formula is C86H121N17O29S. The molecule has 3 saturated carbocycles. The molecule has 2 bridgehead atoms. The number of carboxylic acids is 3. The first kappa shape index (κ1) is 109. The van der Waals surface area contributed by atoms with Crippen molar-refractivity contribution in [2.24, 2.45) is 28.4 Å². The number of carbonyl (C=O) groups is 20. The second-order valence-electron chi connectivity index (χ2n) is 33.8. The largest absolute Gasteiger partial charge is 0.508 e. The molecule has 1 saturated heterocycles. The Labute approximate surface area is 768 Å². The van der Waals surface area contributed by atoms with E-state index in [9.17, 15) is 142 Å². The molecule has 3 aliphatic carbocycles. The minimum absolute atomic E-state index is 0.0165. The number of phenolic OH excluding ortho intramolecular Hbond substituents is 2. The average Bonchev–Trinajstić information content (AvgIpc) is 1.35. The summed E-state index contributed by atoms with van der Waals surface area (Å²) in [6, 6.07) is -4.33. The molecule has 0 aromatic heterocycles. The van der Waals surface area contributed by atoms with Gasteiger partial charge in [-0.2, -0.15) is 0 Å². The van der Waals surface area contributed by atoms with Crippen molar-refractivity contribution in [3.8, 4) is 11.5 Å². The first-order valence-electron chi connectivity index (χ1n) is 43.3. The smallest absolute Gasteiger partial charge is 0.305 e. The van der Waals surface area contributed by atoms with Crippen LogP contribution in [0.2, 0.25) is 0 Å². The van der Waals surface area contributed by atoms with Gasteiger partial charge < -0.3 is 131 Å². The van der Waals surface area contributed by atoms with Crippen LogP contribution < -0.4 is 85.5 Å². The van der Waals surface area contributed by atoms with Crippen LogP contribution in [0.5, 0.6) is 11.5 Å². The Bertz CT molecular complexity index is 4630. The van der Waals surface area contributed by atoms with E-state index in [0.717, 1.165) is 30.5 Å². The van der Waals surface area contributed by atoms with Gasteiger partial charge in [-0.25, -0.2) is 0 Å². The molecule has 0 unspecified atom stereocenters. The summed E-state index contributed by atoms with van der Waals surface area (Å²) >= 11 is 0.831. The molecule has 17 amide bonds. The molecule has 730 valence electrons. The van der Waals surface area contributed by atoms with Crippen LogP contribution in [-0.4, -0.2) is 304 Å². The SMILES string of the molecule is CC[C@H](C)[C@H](NC(=O)[C@H](CO)NC(=O)[C@H](Cc1ccc(O)cc1)NC(=O)[C@H](CC(=O)O)NC(=O)[C@H](CO)NC(=O)[C@@H](NC(=O)[C@H](Cc1ccccc1)NC(=O)[C@@H](NC(=O)CNC(=O)[C@H](CCC(=O)O)NC(=O)C12CC(C(=O)NCCN3C(=O)CSC3=O)(C1)C2)[C@@H](C)O)[C@@H](C)O)C(=O)N[C@@H](Cc1ccc(O)cc1)C(=O)N[C@@H](CC(C)C)C(=O)N[C@@H](CC(=O)O)C(=O)N[C@H](C)CCCCN. The highest BCUT2D eigenvalue weighted by Gasteiger charge is 2.75. The number of imide groups is 1. The lowest BCUT2D eigenvalue weighted by atomic mass is 9.34. The predicted octanol–water partition coefficient (Wildman–Crippen LogP) is -5.67. The molecule has 133 heavy (non-hydrogen) atoms. The molecule has 47 heteroatoms. The van der Waals surface area contributed by atoms with Crippen LogP contribution in [0.15, 0.2) is 78.9 Å². The summed E-state index contributed by atoms with van der Waals surface area (Å²) in [7, 11) is 0. The van der Waals surface area contributed by atoms with E-state index >= 15 is 0 Å². The van der Waals surface area contributed by atoms with Crippen LogP contribution in [0.4, 0.5) is 4.79 Å². The Morgan fingerprint density at radius 3 is 1.30 bits per heavy atom. The van der Waals surface area contributed by atoms with Crippen molar-refractivity contribution < 1.29 is 142 Å². The van der Waals surface area contributed by atoms with Gasteiger partial charge in [0.25, 0.3) is 5.24 Å². The number of thioether (sulfide) groups is 1. The zero-order valence-corrected chi connectivity index (χ0v) is 75.3. The number of phenols is 2. The third kappa shape index (κ3) is 33.4. The van der Waals surface area contributed by atoms with Gasteiger partial charge in [0.1, 0.15) is 84.0 Å². The second-order valence-corrected chi connectivity index (χ2v) is 34.7. The molecule has 4 aliphatic rings. The number of benzene rings is 3. The van der Waals surface area contributed by atoms with E-state index in [0.29, 0.717) is 36.9 Å². The number of carboxylic acid groups (broad SMARTS) is 3. The quantitative estimate of drug-likeness (QED) is 0.0234. The summed E-state index contributed by atoms with van der Waals surface area (Å²) in [6.45, 7) is 7.08. The highest BCUT2D eigenvalue weighted by Crippen LogP contribution is 2.73. The van der Waals surface area contributed by atoms with E-state index in [4.69, 9.17) is 5.73 Å². The minimum atomic E-state index is -2.23. The summed E-state index contributed by atoms with van der Waals surface area (Å²) in [6.07, 6.45) is -6.22. The number of amides is 17. The zero-order chi connectivity index (χ0) is 98.9. The van der Waals surface area contributed by atoms with Gasteiger partial charge in [0.2, 0.25) is 94.5 Å². The Balaban J connectivity index is 1.13. The molecule has 26 N–H and O–H groups in total. The van der Waals surface area contributed by atoms with E-state index in [1.165, 1.54) is 67.6 Å². The fourth-order valence-electron chi connectivity index (χ4n) is 14.9. The van der Waals surface area contributed by atoms with Crippen LogP contribution >= 0.6 is 11.8 Å². The standard InChI is InChI=1S/C86H121N17O29S/c1-8-44(4)67(79(127)95-56(33-50-19-23-52(109)24-20-50)73(121)91-54(30-43(2)3)72(120)93-58(34-65(114)115)71(119)90-45(5)14-12-13-27-87)101-78(126)61(38-105)97-74(122)55(32-49-17-21-51(108)22-18-49)92-75(123)59(35-66(116)117)94-77(125)60(37-104)98-81(129)69(47(7)107)102-76(124)57(31-48-15-10-9-11-16-48)96-80(128)68(46(6)106)100-62(110)36-89-70(118)53(25-26-64(112)113)99-83(131)86-40-85(41-86,42-86)82(130)88-28-29-103-63(111)39-133-84(103)132/h9-11,15-24,43-47,53-61,67-69,104-109H,8,12-14,25-42,87H2,1-7H3,(H,88,130)(H,89,118)(H,90,119)(H,91,121)(H,92,123)(H,93,120)(H,94,125)(H,95,127)(H,96,128)(H,97,122)(H,98,129)(H,99,131)(H,100,110)(H,101,126)(H,102,124)(H,112,113)(H,114,115)(H,116,117)/t44-,45+,46+,47+,53-,54-,55-,56-,57-,58-,59-,60-,61-,67-,68-,69-,85?,86?/m0/s1. The van der Waals surface area contributed by atoms with Crippen LogP contribution in [0.1, 0.15) is 142 Å². The molecule has 1 aliphatic heterocycles. The molecule has 4 fully saturated rings. The molecule has 1 heterocycles. The zero-order valence-electron chi connectivity index (χ0n) is 74.5. The number of aromatic hydroxyl groups is 2. The highest BCUT2D eigenvalue weighted by atomic mass is 32.2. The molecule has 0 spiro atoms. The van der Waals surface area contributed by atoms with Crippen LogP contribution in [0.3, 0.4) is 0 Å². The van der Waals surface area contributed by atoms with E-state index in [1.807, 2.05) is 0 Å². The lowest BCUT2D eigenvalue weighted by molar-refractivity contribution is -0.209. The summed E-state index contributed by atoms with van der Waals surface area (Å²) in [5.74, 6) is -23.1. The summed E-state index contributed by atoms with van der Waals surface area (Å²) in [4.78, 5) is 272. The van der Waals surface area contributed by atoms with Gasteiger partial charge in [0.05, 0.1) is 61.4 Å². The van der Waals surface area contributed by atoms with Crippen molar-refractivity contribution in [2.75, 3.05) is 45.1 Å². The number of unbranched alkanes of at least 4 members (excludes halogenated alkanes) is 1. The third-order valence-electron chi connectivity index (χ3n) is 22.5. The minimum Gasteiger partial charge on any atom is -0.508 e. The molecule has 3 aromatic carbocycles. The number of nitrogens with zero attached hydrogens (tertiary/aromatic N) is 1. The number of hydrogen-bond donors (Lipinski definition) is 25. The van der Waals surface area contributed by atoms with Crippen molar-refractivity contribution >= 4 is 129 Å². The Kier molecular flexibility index (Phi) is 42.3. The number of aliphatic carboxylic acids is 3.